The van der Waals surface area contributed by atoms with E-state index in [0.717, 1.165) is 16.6 Å². The van der Waals surface area contributed by atoms with Crippen LogP contribution in [0.1, 0.15) is 11.3 Å². The second-order valence-electron chi connectivity index (χ2n) is 3.53. The van der Waals surface area contributed by atoms with Crippen LogP contribution in [-0.4, -0.2) is 20.2 Å². The third kappa shape index (κ3) is 1.12. The molecule has 0 N–H and O–H groups in total. The normalized spacial score (nSPS) is 11.4. The standard InChI is InChI=1S/C10H7ClN4O/c1-4-5(2)14-15-10-6(4)7-8(16-10)9(11)13-3-12-7/h3H,1-2H3. The third-order valence-electron chi connectivity index (χ3n) is 2.62. The van der Waals surface area contributed by atoms with Crippen LogP contribution < -0.4 is 0 Å². The van der Waals surface area contributed by atoms with E-state index < -0.39 is 0 Å². The Morgan fingerprint density at radius 2 is 2.00 bits per heavy atom. The fourth-order valence-electron chi connectivity index (χ4n) is 1.65. The summed E-state index contributed by atoms with van der Waals surface area (Å²) < 4.78 is 5.49. The lowest BCUT2D eigenvalue weighted by atomic mass is 10.1. The van der Waals surface area contributed by atoms with Crippen molar-refractivity contribution in [2.45, 2.75) is 13.8 Å². The van der Waals surface area contributed by atoms with Crippen molar-refractivity contribution in [1.29, 1.82) is 0 Å². The highest BCUT2D eigenvalue weighted by Gasteiger charge is 2.16. The van der Waals surface area contributed by atoms with Crippen LogP contribution in [0.5, 0.6) is 0 Å². The minimum Gasteiger partial charge on any atom is -0.431 e. The number of rotatable bonds is 0. The maximum Gasteiger partial charge on any atom is 0.249 e. The summed E-state index contributed by atoms with van der Waals surface area (Å²) in [5.41, 5.74) is 3.44. The molecule has 0 atom stereocenters. The molecule has 16 heavy (non-hydrogen) atoms. The van der Waals surface area contributed by atoms with E-state index in [-0.39, 0.29) is 0 Å². The van der Waals surface area contributed by atoms with E-state index >= 15 is 0 Å². The van der Waals surface area contributed by atoms with Gasteiger partial charge in [0.05, 0.1) is 11.1 Å². The fourth-order valence-corrected chi connectivity index (χ4v) is 1.83. The lowest BCUT2D eigenvalue weighted by Crippen LogP contribution is -1.91. The zero-order valence-electron chi connectivity index (χ0n) is 8.65. The molecular weight excluding hydrogens is 228 g/mol. The van der Waals surface area contributed by atoms with Crippen LogP contribution in [0, 0.1) is 13.8 Å². The van der Waals surface area contributed by atoms with Crippen LogP contribution in [-0.2, 0) is 0 Å². The maximum atomic E-state index is 5.93. The van der Waals surface area contributed by atoms with E-state index in [1.807, 2.05) is 13.8 Å². The molecule has 0 aliphatic carbocycles. The SMILES string of the molecule is Cc1nnc2oc3c(Cl)ncnc3c2c1C. The Hall–Kier alpha value is -1.75. The van der Waals surface area contributed by atoms with Gasteiger partial charge in [-0.3, -0.25) is 0 Å². The Bertz CT molecular complexity index is 707. The smallest absolute Gasteiger partial charge is 0.249 e. The maximum absolute atomic E-state index is 5.93. The highest BCUT2D eigenvalue weighted by molar-refractivity contribution is 6.34. The van der Waals surface area contributed by atoms with E-state index in [0.29, 0.717) is 22.0 Å². The molecule has 3 aromatic rings. The van der Waals surface area contributed by atoms with E-state index in [2.05, 4.69) is 20.2 Å². The zero-order valence-corrected chi connectivity index (χ0v) is 9.41. The summed E-state index contributed by atoms with van der Waals surface area (Å²) in [6.45, 7) is 3.85. The Balaban J connectivity index is 2.63. The van der Waals surface area contributed by atoms with Crippen molar-refractivity contribution in [2.75, 3.05) is 0 Å². The molecule has 0 saturated heterocycles. The number of aryl methyl sites for hydroxylation is 2. The quantitative estimate of drug-likeness (QED) is 0.559. The summed E-state index contributed by atoms with van der Waals surface area (Å²) in [7, 11) is 0. The van der Waals surface area contributed by atoms with Crippen LogP contribution in [0.2, 0.25) is 5.15 Å². The van der Waals surface area contributed by atoms with Crippen LogP contribution in [0.4, 0.5) is 0 Å². The van der Waals surface area contributed by atoms with Gasteiger partial charge in [0, 0.05) is 0 Å². The van der Waals surface area contributed by atoms with E-state index in [1.54, 1.807) is 0 Å². The molecular formula is C10H7ClN4O. The first kappa shape index (κ1) is 9.47. The Kier molecular flexibility index (Phi) is 1.85. The summed E-state index contributed by atoms with van der Waals surface area (Å²) in [4.78, 5) is 8.04. The molecule has 0 aliphatic rings. The van der Waals surface area contributed by atoms with Crippen molar-refractivity contribution < 1.29 is 4.42 Å². The second kappa shape index (κ2) is 3.12. The zero-order chi connectivity index (χ0) is 11.3. The average molecular weight is 235 g/mol. The third-order valence-corrected chi connectivity index (χ3v) is 2.89. The predicted molar refractivity (Wildman–Crippen MR) is 59.4 cm³/mol. The number of halogens is 1. The van der Waals surface area contributed by atoms with E-state index in [1.165, 1.54) is 6.33 Å². The van der Waals surface area contributed by atoms with Gasteiger partial charge in [-0.05, 0) is 19.4 Å². The molecule has 0 unspecified atom stereocenters. The molecule has 0 amide bonds. The van der Waals surface area contributed by atoms with Crippen LogP contribution in [0.25, 0.3) is 22.2 Å². The number of fused-ring (bicyclic) bond motifs is 3. The molecule has 0 fully saturated rings. The summed E-state index contributed by atoms with van der Waals surface area (Å²) in [6, 6.07) is 0. The first-order valence-corrected chi connectivity index (χ1v) is 5.09. The van der Waals surface area contributed by atoms with Crippen LogP contribution >= 0.6 is 11.6 Å². The van der Waals surface area contributed by atoms with Crippen molar-refractivity contribution in [3.8, 4) is 0 Å². The molecule has 0 aliphatic heterocycles. The van der Waals surface area contributed by atoms with Crippen molar-refractivity contribution in [1.82, 2.24) is 20.2 Å². The first-order chi connectivity index (χ1) is 7.68. The molecule has 3 rings (SSSR count). The van der Waals surface area contributed by atoms with Gasteiger partial charge in [0.25, 0.3) is 0 Å². The van der Waals surface area contributed by atoms with Crippen LogP contribution in [0.3, 0.4) is 0 Å². The molecule has 0 radical (unpaired) electrons. The summed E-state index contributed by atoms with van der Waals surface area (Å²) in [5, 5.41) is 9.12. The summed E-state index contributed by atoms with van der Waals surface area (Å²) in [5.74, 6) is 0. The van der Waals surface area contributed by atoms with Gasteiger partial charge >= 0.3 is 0 Å². The molecule has 0 saturated carbocycles. The molecule has 5 nitrogen and oxygen atoms in total. The molecule has 80 valence electrons. The van der Waals surface area contributed by atoms with E-state index in [9.17, 15) is 0 Å². The van der Waals surface area contributed by atoms with Crippen molar-refractivity contribution in [2.24, 2.45) is 0 Å². The van der Waals surface area contributed by atoms with Gasteiger partial charge in [-0.25, -0.2) is 9.97 Å². The molecule has 0 spiro atoms. The lowest BCUT2D eigenvalue weighted by Gasteiger charge is -1.96. The van der Waals surface area contributed by atoms with Gasteiger partial charge in [0.1, 0.15) is 11.8 Å². The van der Waals surface area contributed by atoms with Crippen molar-refractivity contribution >= 4 is 33.8 Å². The largest absolute Gasteiger partial charge is 0.431 e. The number of aromatic nitrogens is 4. The van der Waals surface area contributed by atoms with Gasteiger partial charge in [0.15, 0.2) is 10.7 Å². The molecule has 0 aromatic carbocycles. The number of furan rings is 1. The van der Waals surface area contributed by atoms with Gasteiger partial charge < -0.3 is 4.42 Å². The minimum atomic E-state index is 0.292. The highest BCUT2D eigenvalue weighted by Crippen LogP contribution is 2.31. The second-order valence-corrected chi connectivity index (χ2v) is 3.89. The molecule has 3 aromatic heterocycles. The molecule has 6 heteroatoms. The Morgan fingerprint density at radius 1 is 1.19 bits per heavy atom. The lowest BCUT2D eigenvalue weighted by molar-refractivity contribution is 0.641. The van der Waals surface area contributed by atoms with Crippen molar-refractivity contribution in [3.63, 3.8) is 0 Å². The number of hydrogen-bond donors (Lipinski definition) is 0. The van der Waals surface area contributed by atoms with E-state index in [4.69, 9.17) is 16.0 Å². The number of hydrogen-bond acceptors (Lipinski definition) is 5. The topological polar surface area (TPSA) is 64.7 Å². The first-order valence-electron chi connectivity index (χ1n) is 4.71. The predicted octanol–water partition coefficient (Wildman–Crippen LogP) is 2.44. The highest BCUT2D eigenvalue weighted by atomic mass is 35.5. The molecule has 0 bridgehead atoms. The molecule has 3 heterocycles. The van der Waals surface area contributed by atoms with Crippen LogP contribution in [0.15, 0.2) is 10.7 Å². The minimum absolute atomic E-state index is 0.292. The summed E-state index contributed by atoms with van der Waals surface area (Å²) >= 11 is 5.93. The van der Waals surface area contributed by atoms with Crippen molar-refractivity contribution in [3.05, 3.63) is 22.7 Å². The fraction of sp³-hybridized carbons (Fsp3) is 0.200. The summed E-state index contributed by atoms with van der Waals surface area (Å²) in [6.07, 6.45) is 1.41. The van der Waals surface area contributed by atoms with Gasteiger partial charge in [-0.2, -0.15) is 5.10 Å². The Labute approximate surface area is 95.5 Å². The van der Waals surface area contributed by atoms with Gasteiger partial charge in [-0.1, -0.05) is 11.6 Å². The Morgan fingerprint density at radius 3 is 2.81 bits per heavy atom. The monoisotopic (exact) mass is 234 g/mol. The van der Waals surface area contributed by atoms with Gasteiger partial charge in [-0.15, -0.1) is 5.10 Å². The van der Waals surface area contributed by atoms with Gasteiger partial charge in [0.2, 0.25) is 5.71 Å². The average Bonchev–Trinajstić information content (AvgIpc) is 2.64. The number of nitrogens with zero attached hydrogens (tertiary/aromatic N) is 4.